The molecule has 3 rings (SSSR count). The van der Waals surface area contributed by atoms with E-state index >= 15 is 0 Å². The van der Waals surface area contributed by atoms with Gasteiger partial charge in [-0.2, -0.15) is 0 Å². The van der Waals surface area contributed by atoms with Crippen LogP contribution in [0.3, 0.4) is 0 Å². The van der Waals surface area contributed by atoms with Crippen LogP contribution in [0.15, 0.2) is 51.7 Å². The van der Waals surface area contributed by atoms with E-state index in [1.807, 2.05) is 32.9 Å². The molecule has 138 valence electrons. The van der Waals surface area contributed by atoms with Crippen LogP contribution in [0.1, 0.15) is 27.2 Å². The average Bonchev–Trinajstić information content (AvgIpc) is 2.63. The van der Waals surface area contributed by atoms with Crippen LogP contribution in [0.2, 0.25) is 0 Å². The van der Waals surface area contributed by atoms with Gasteiger partial charge in [-0.25, -0.2) is 4.79 Å². The summed E-state index contributed by atoms with van der Waals surface area (Å²) < 4.78 is 10.4. The molecule has 2 aromatic carbocycles. The van der Waals surface area contributed by atoms with Gasteiger partial charge in [0.15, 0.2) is 12.0 Å². The summed E-state index contributed by atoms with van der Waals surface area (Å²) in [7, 11) is 0. The maximum atomic E-state index is 12.1. The van der Waals surface area contributed by atoms with Crippen LogP contribution in [0, 0.1) is 20.8 Å². The second kappa shape index (κ2) is 7.45. The van der Waals surface area contributed by atoms with Crippen LogP contribution in [-0.2, 0) is 9.53 Å². The van der Waals surface area contributed by atoms with Crippen molar-refractivity contribution in [1.82, 2.24) is 0 Å². The summed E-state index contributed by atoms with van der Waals surface area (Å²) in [5.41, 5.74) is 3.63. The van der Waals surface area contributed by atoms with Gasteiger partial charge in [0.25, 0.3) is 5.91 Å². The molecule has 27 heavy (non-hydrogen) atoms. The SMILES string of the molecule is Cc1ccc2oc(C(=O)OCC(=O)Nc3ccc(C)c(C)c3)cc(=O)c2c1. The highest BCUT2D eigenvalue weighted by Crippen LogP contribution is 2.16. The largest absolute Gasteiger partial charge is 0.450 e. The summed E-state index contributed by atoms with van der Waals surface area (Å²) in [5.74, 6) is -1.59. The van der Waals surface area contributed by atoms with Crippen LogP contribution in [-0.4, -0.2) is 18.5 Å². The molecule has 0 saturated heterocycles. The molecule has 6 heteroatoms. The third-order valence-electron chi connectivity index (χ3n) is 4.21. The maximum absolute atomic E-state index is 12.1. The topological polar surface area (TPSA) is 85.6 Å². The lowest BCUT2D eigenvalue weighted by molar-refractivity contribution is -0.119. The Bertz CT molecular complexity index is 1100. The van der Waals surface area contributed by atoms with E-state index in [1.165, 1.54) is 0 Å². The molecule has 0 aliphatic heterocycles. The molecule has 0 fully saturated rings. The minimum absolute atomic E-state index is 0.240. The van der Waals surface area contributed by atoms with Gasteiger partial charge >= 0.3 is 5.97 Å². The van der Waals surface area contributed by atoms with Crippen molar-refractivity contribution in [3.8, 4) is 0 Å². The molecule has 0 aliphatic carbocycles. The highest BCUT2D eigenvalue weighted by atomic mass is 16.5. The molecular formula is C21H19NO5. The molecule has 1 amide bonds. The van der Waals surface area contributed by atoms with Crippen molar-refractivity contribution in [2.24, 2.45) is 0 Å². The fourth-order valence-electron chi connectivity index (χ4n) is 2.59. The number of amides is 1. The number of carbonyl (C=O) groups is 2. The fraction of sp³-hybridized carbons (Fsp3) is 0.190. The molecule has 0 spiro atoms. The Morgan fingerprint density at radius 3 is 2.52 bits per heavy atom. The van der Waals surface area contributed by atoms with Gasteiger partial charge in [-0.1, -0.05) is 17.7 Å². The normalized spacial score (nSPS) is 10.6. The summed E-state index contributed by atoms with van der Waals surface area (Å²) >= 11 is 0. The number of fused-ring (bicyclic) bond motifs is 1. The first kappa shape index (κ1) is 18.4. The maximum Gasteiger partial charge on any atom is 0.374 e. The van der Waals surface area contributed by atoms with Crippen LogP contribution in [0.25, 0.3) is 11.0 Å². The van der Waals surface area contributed by atoms with Crippen molar-refractivity contribution in [3.05, 3.63) is 75.1 Å². The molecular weight excluding hydrogens is 346 g/mol. The lowest BCUT2D eigenvalue weighted by atomic mass is 10.1. The van der Waals surface area contributed by atoms with Gasteiger partial charge in [-0.15, -0.1) is 0 Å². The second-order valence-electron chi connectivity index (χ2n) is 6.40. The van der Waals surface area contributed by atoms with E-state index in [4.69, 9.17) is 9.15 Å². The Morgan fingerprint density at radius 1 is 1.00 bits per heavy atom. The van der Waals surface area contributed by atoms with Crippen molar-refractivity contribution in [1.29, 1.82) is 0 Å². The number of aryl methyl sites for hydroxylation is 3. The van der Waals surface area contributed by atoms with Gasteiger partial charge in [-0.05, 0) is 56.2 Å². The van der Waals surface area contributed by atoms with E-state index in [1.54, 1.807) is 24.3 Å². The van der Waals surface area contributed by atoms with Crippen LogP contribution < -0.4 is 10.7 Å². The number of nitrogens with one attached hydrogen (secondary N) is 1. The van der Waals surface area contributed by atoms with Crippen LogP contribution >= 0.6 is 0 Å². The van der Waals surface area contributed by atoms with Crippen molar-refractivity contribution < 1.29 is 18.7 Å². The van der Waals surface area contributed by atoms with Crippen LogP contribution in [0.4, 0.5) is 5.69 Å². The van der Waals surface area contributed by atoms with Gasteiger partial charge in [0.1, 0.15) is 5.58 Å². The molecule has 0 atom stereocenters. The molecule has 0 unspecified atom stereocenters. The molecule has 0 bridgehead atoms. The molecule has 3 aromatic rings. The predicted molar refractivity (Wildman–Crippen MR) is 102 cm³/mol. The summed E-state index contributed by atoms with van der Waals surface area (Å²) in [6, 6.07) is 11.7. The number of carbonyl (C=O) groups excluding carboxylic acids is 2. The second-order valence-corrected chi connectivity index (χ2v) is 6.40. The van der Waals surface area contributed by atoms with E-state index in [2.05, 4.69) is 5.32 Å². The zero-order chi connectivity index (χ0) is 19.6. The quantitative estimate of drug-likeness (QED) is 0.715. The Kier molecular flexibility index (Phi) is 5.07. The van der Waals surface area contributed by atoms with Gasteiger partial charge in [-0.3, -0.25) is 9.59 Å². The average molecular weight is 365 g/mol. The highest BCUT2D eigenvalue weighted by molar-refractivity contribution is 5.95. The summed E-state index contributed by atoms with van der Waals surface area (Å²) in [4.78, 5) is 36.3. The van der Waals surface area contributed by atoms with Gasteiger partial charge < -0.3 is 14.5 Å². The van der Waals surface area contributed by atoms with E-state index < -0.39 is 18.5 Å². The third-order valence-corrected chi connectivity index (χ3v) is 4.21. The zero-order valence-electron chi connectivity index (χ0n) is 15.3. The van der Waals surface area contributed by atoms with Gasteiger partial charge in [0, 0.05) is 11.8 Å². The lowest BCUT2D eigenvalue weighted by Gasteiger charge is -2.08. The van der Waals surface area contributed by atoms with Gasteiger partial charge in [0.2, 0.25) is 5.76 Å². The van der Waals surface area contributed by atoms with E-state index in [-0.39, 0.29) is 11.2 Å². The number of esters is 1. The standard InChI is InChI=1S/C21H19NO5/c1-12-4-7-18-16(8-12)17(23)10-19(27-18)21(25)26-11-20(24)22-15-6-5-13(2)14(3)9-15/h4-10H,11H2,1-3H3,(H,22,24). The van der Waals surface area contributed by atoms with Crippen molar-refractivity contribution in [2.75, 3.05) is 11.9 Å². The summed E-state index contributed by atoms with van der Waals surface area (Å²) in [6.07, 6.45) is 0. The van der Waals surface area contributed by atoms with E-state index in [9.17, 15) is 14.4 Å². The minimum atomic E-state index is -0.871. The fourth-order valence-corrected chi connectivity index (χ4v) is 2.59. The number of ether oxygens (including phenoxy) is 1. The minimum Gasteiger partial charge on any atom is -0.450 e. The number of rotatable bonds is 4. The zero-order valence-corrected chi connectivity index (χ0v) is 15.3. The molecule has 0 saturated carbocycles. The molecule has 1 N–H and O–H groups in total. The Balaban J connectivity index is 1.67. The number of benzene rings is 2. The van der Waals surface area contributed by atoms with Crippen LogP contribution in [0.5, 0.6) is 0 Å². The monoisotopic (exact) mass is 365 g/mol. The number of hydrogen-bond acceptors (Lipinski definition) is 5. The van der Waals surface area contributed by atoms with Crippen molar-refractivity contribution in [3.63, 3.8) is 0 Å². The van der Waals surface area contributed by atoms with E-state index in [0.717, 1.165) is 22.8 Å². The lowest BCUT2D eigenvalue weighted by Crippen LogP contribution is -2.21. The first-order chi connectivity index (χ1) is 12.8. The Morgan fingerprint density at radius 2 is 1.78 bits per heavy atom. The molecule has 0 radical (unpaired) electrons. The van der Waals surface area contributed by atoms with Crippen molar-refractivity contribution in [2.45, 2.75) is 20.8 Å². The summed E-state index contributed by atoms with van der Waals surface area (Å²) in [5, 5.41) is 3.04. The molecule has 6 nitrogen and oxygen atoms in total. The first-order valence-corrected chi connectivity index (χ1v) is 8.42. The smallest absolute Gasteiger partial charge is 0.374 e. The number of hydrogen-bond donors (Lipinski definition) is 1. The Labute approximate surface area is 155 Å². The van der Waals surface area contributed by atoms with Gasteiger partial charge in [0.05, 0.1) is 5.39 Å². The predicted octanol–water partition coefficient (Wildman–Crippen LogP) is 3.51. The first-order valence-electron chi connectivity index (χ1n) is 8.42. The molecule has 1 aromatic heterocycles. The Hall–Kier alpha value is -3.41. The highest BCUT2D eigenvalue weighted by Gasteiger charge is 2.15. The summed E-state index contributed by atoms with van der Waals surface area (Å²) in [6.45, 7) is 5.28. The number of anilines is 1. The van der Waals surface area contributed by atoms with Crippen molar-refractivity contribution >= 4 is 28.5 Å². The molecule has 1 heterocycles. The third kappa shape index (κ3) is 4.23. The van der Waals surface area contributed by atoms with E-state index in [0.29, 0.717) is 16.7 Å². The molecule has 0 aliphatic rings.